The molecule has 0 amide bonds. The Bertz CT molecular complexity index is 987. The number of hydrogen-bond donors (Lipinski definition) is 1. The van der Waals surface area contributed by atoms with E-state index >= 15 is 0 Å². The van der Waals surface area contributed by atoms with E-state index in [1.807, 2.05) is 30.5 Å². The lowest BCUT2D eigenvalue weighted by molar-refractivity contribution is 0.417. The summed E-state index contributed by atoms with van der Waals surface area (Å²) in [5.74, 6) is 0.538. The average Bonchev–Trinajstić information content (AvgIpc) is 2.96. The van der Waals surface area contributed by atoms with Gasteiger partial charge in [-0.3, -0.25) is 0 Å². The molecule has 2 nitrogen and oxygen atoms in total. The minimum atomic E-state index is -0.243. The summed E-state index contributed by atoms with van der Waals surface area (Å²) in [4.78, 5) is 3.21. The Kier molecular flexibility index (Phi) is 2.86. The quantitative estimate of drug-likeness (QED) is 0.543. The standard InChI is InChI=1S/C19H14FNO/c1-22-18-9-6-12-4-2-3-5-14(12)19(18)16-11-21-17-8-7-13(20)10-15(16)17/h2-11,21H,1H3. The van der Waals surface area contributed by atoms with Gasteiger partial charge < -0.3 is 9.72 Å². The number of rotatable bonds is 2. The molecule has 1 N–H and O–H groups in total. The molecule has 0 aliphatic rings. The topological polar surface area (TPSA) is 25.0 Å². The number of benzene rings is 3. The van der Waals surface area contributed by atoms with Crippen LogP contribution in [0.2, 0.25) is 0 Å². The maximum atomic E-state index is 13.7. The van der Waals surface area contributed by atoms with Crippen LogP contribution < -0.4 is 4.74 Å². The first-order valence-corrected chi connectivity index (χ1v) is 7.10. The highest BCUT2D eigenvalue weighted by atomic mass is 19.1. The number of H-pyrrole nitrogens is 1. The van der Waals surface area contributed by atoms with Crippen molar-refractivity contribution in [2.24, 2.45) is 0 Å². The molecule has 1 heterocycles. The third kappa shape index (κ3) is 1.86. The summed E-state index contributed by atoms with van der Waals surface area (Å²) in [5, 5.41) is 3.07. The van der Waals surface area contributed by atoms with Crippen molar-refractivity contribution in [3.05, 3.63) is 66.6 Å². The number of aromatic nitrogens is 1. The fourth-order valence-electron chi connectivity index (χ4n) is 3.00. The first-order valence-electron chi connectivity index (χ1n) is 7.10. The van der Waals surface area contributed by atoms with Gasteiger partial charge in [-0.15, -0.1) is 0 Å². The van der Waals surface area contributed by atoms with Crippen molar-refractivity contribution in [1.29, 1.82) is 0 Å². The van der Waals surface area contributed by atoms with Crippen molar-refractivity contribution in [1.82, 2.24) is 4.98 Å². The maximum absolute atomic E-state index is 13.7. The lowest BCUT2D eigenvalue weighted by atomic mass is 9.97. The SMILES string of the molecule is COc1ccc2ccccc2c1-c1c[nH]c2ccc(F)cc12. The van der Waals surface area contributed by atoms with E-state index in [4.69, 9.17) is 4.74 Å². The summed E-state index contributed by atoms with van der Waals surface area (Å²) in [7, 11) is 1.66. The van der Waals surface area contributed by atoms with Gasteiger partial charge in [0, 0.05) is 28.2 Å². The van der Waals surface area contributed by atoms with Gasteiger partial charge in [-0.05, 0) is 35.0 Å². The van der Waals surface area contributed by atoms with Crippen LogP contribution in [0, 0.1) is 5.82 Å². The normalized spacial score (nSPS) is 11.2. The lowest BCUT2D eigenvalue weighted by Gasteiger charge is -2.11. The summed E-state index contributed by atoms with van der Waals surface area (Å²) in [6, 6.07) is 16.9. The molecule has 0 aliphatic heterocycles. The second kappa shape index (κ2) is 4.88. The van der Waals surface area contributed by atoms with Crippen molar-refractivity contribution >= 4 is 21.7 Å². The van der Waals surface area contributed by atoms with Gasteiger partial charge in [0.25, 0.3) is 0 Å². The number of fused-ring (bicyclic) bond motifs is 2. The summed E-state index contributed by atoms with van der Waals surface area (Å²) >= 11 is 0. The summed E-state index contributed by atoms with van der Waals surface area (Å²) in [6.07, 6.45) is 1.91. The predicted molar refractivity (Wildman–Crippen MR) is 87.8 cm³/mol. The largest absolute Gasteiger partial charge is 0.496 e. The van der Waals surface area contributed by atoms with Crippen LogP contribution in [-0.4, -0.2) is 12.1 Å². The van der Waals surface area contributed by atoms with Crippen molar-refractivity contribution in [3.63, 3.8) is 0 Å². The number of methoxy groups -OCH3 is 1. The zero-order valence-electron chi connectivity index (χ0n) is 12.1. The molecular formula is C19H14FNO. The Hall–Kier alpha value is -2.81. The molecule has 0 spiro atoms. The van der Waals surface area contributed by atoms with Gasteiger partial charge in [0.2, 0.25) is 0 Å². The Balaban J connectivity index is 2.13. The highest BCUT2D eigenvalue weighted by Gasteiger charge is 2.15. The first kappa shape index (κ1) is 12.9. The van der Waals surface area contributed by atoms with Crippen LogP contribution in [0.5, 0.6) is 5.75 Å². The van der Waals surface area contributed by atoms with E-state index in [0.717, 1.165) is 38.6 Å². The fraction of sp³-hybridized carbons (Fsp3) is 0.0526. The van der Waals surface area contributed by atoms with E-state index in [9.17, 15) is 4.39 Å². The third-order valence-corrected chi connectivity index (χ3v) is 4.02. The summed E-state index contributed by atoms with van der Waals surface area (Å²) < 4.78 is 19.2. The van der Waals surface area contributed by atoms with Crippen molar-refractivity contribution < 1.29 is 9.13 Å². The molecule has 0 atom stereocenters. The Morgan fingerprint density at radius 2 is 1.82 bits per heavy atom. The maximum Gasteiger partial charge on any atom is 0.127 e. The number of hydrogen-bond acceptors (Lipinski definition) is 1. The Morgan fingerprint density at radius 1 is 0.955 bits per heavy atom. The molecule has 3 aromatic carbocycles. The van der Waals surface area contributed by atoms with E-state index in [1.165, 1.54) is 6.07 Å². The first-order chi connectivity index (χ1) is 10.8. The number of halogens is 1. The van der Waals surface area contributed by atoms with Gasteiger partial charge in [-0.1, -0.05) is 30.3 Å². The highest BCUT2D eigenvalue weighted by molar-refractivity contribution is 6.07. The molecule has 0 bridgehead atoms. The van der Waals surface area contributed by atoms with E-state index in [0.29, 0.717) is 0 Å². The minimum absolute atomic E-state index is 0.243. The summed E-state index contributed by atoms with van der Waals surface area (Å²) in [6.45, 7) is 0. The molecule has 0 aliphatic carbocycles. The van der Waals surface area contributed by atoms with E-state index in [1.54, 1.807) is 19.2 Å². The third-order valence-electron chi connectivity index (χ3n) is 4.02. The van der Waals surface area contributed by atoms with Crippen LogP contribution in [0.15, 0.2) is 60.8 Å². The molecular weight excluding hydrogens is 277 g/mol. The van der Waals surface area contributed by atoms with Crippen LogP contribution >= 0.6 is 0 Å². The summed E-state index contributed by atoms with van der Waals surface area (Å²) in [5.41, 5.74) is 2.84. The van der Waals surface area contributed by atoms with Gasteiger partial charge in [-0.2, -0.15) is 0 Å². The van der Waals surface area contributed by atoms with Gasteiger partial charge >= 0.3 is 0 Å². The molecule has 0 radical (unpaired) electrons. The number of nitrogens with one attached hydrogen (secondary N) is 1. The highest BCUT2D eigenvalue weighted by Crippen LogP contribution is 2.40. The monoisotopic (exact) mass is 291 g/mol. The molecule has 0 saturated heterocycles. The zero-order valence-corrected chi connectivity index (χ0v) is 12.1. The molecule has 108 valence electrons. The molecule has 4 rings (SSSR count). The molecule has 4 aromatic rings. The smallest absolute Gasteiger partial charge is 0.127 e. The van der Waals surface area contributed by atoms with E-state index in [-0.39, 0.29) is 5.82 Å². The van der Waals surface area contributed by atoms with Crippen LogP contribution in [0.3, 0.4) is 0 Å². The second-order valence-electron chi connectivity index (χ2n) is 5.26. The molecule has 1 aromatic heterocycles. The van der Waals surface area contributed by atoms with Crippen LogP contribution in [0.4, 0.5) is 4.39 Å². The molecule has 0 fully saturated rings. The van der Waals surface area contributed by atoms with Crippen molar-refractivity contribution in [3.8, 4) is 16.9 Å². The van der Waals surface area contributed by atoms with Crippen LogP contribution in [-0.2, 0) is 0 Å². The predicted octanol–water partition coefficient (Wildman–Crippen LogP) is 5.14. The van der Waals surface area contributed by atoms with Gasteiger partial charge in [0.1, 0.15) is 11.6 Å². The number of aromatic amines is 1. The van der Waals surface area contributed by atoms with Gasteiger partial charge in [-0.25, -0.2) is 4.39 Å². The van der Waals surface area contributed by atoms with E-state index < -0.39 is 0 Å². The Morgan fingerprint density at radius 3 is 2.68 bits per heavy atom. The number of ether oxygens (including phenoxy) is 1. The van der Waals surface area contributed by atoms with Gasteiger partial charge in [0.05, 0.1) is 7.11 Å². The molecule has 0 saturated carbocycles. The van der Waals surface area contributed by atoms with Crippen molar-refractivity contribution in [2.75, 3.05) is 7.11 Å². The van der Waals surface area contributed by atoms with Crippen LogP contribution in [0.1, 0.15) is 0 Å². The van der Waals surface area contributed by atoms with Gasteiger partial charge in [0.15, 0.2) is 0 Å². The lowest BCUT2D eigenvalue weighted by Crippen LogP contribution is -1.89. The Labute approximate surface area is 127 Å². The van der Waals surface area contributed by atoms with E-state index in [2.05, 4.69) is 17.1 Å². The zero-order chi connectivity index (χ0) is 15.1. The second-order valence-corrected chi connectivity index (χ2v) is 5.26. The van der Waals surface area contributed by atoms with Crippen molar-refractivity contribution in [2.45, 2.75) is 0 Å². The average molecular weight is 291 g/mol. The fourth-order valence-corrected chi connectivity index (χ4v) is 3.00. The van der Waals surface area contributed by atoms with Crippen LogP contribution in [0.25, 0.3) is 32.8 Å². The minimum Gasteiger partial charge on any atom is -0.496 e. The molecule has 3 heteroatoms. The molecule has 22 heavy (non-hydrogen) atoms. The molecule has 0 unspecified atom stereocenters.